The van der Waals surface area contributed by atoms with Crippen LogP contribution in [-0.2, 0) is 20.4 Å². The van der Waals surface area contributed by atoms with Gasteiger partial charge in [-0.05, 0) is 36.3 Å². The summed E-state index contributed by atoms with van der Waals surface area (Å²) in [6.07, 6.45) is -2.41. The molecule has 2 N–H and O–H groups in total. The Bertz CT molecular complexity index is 1180. The lowest BCUT2D eigenvalue weighted by atomic mass is 9.86. The molecule has 2 aliphatic rings. The van der Waals surface area contributed by atoms with Crippen LogP contribution in [0.4, 0.5) is 24.5 Å². The number of alkyl halides is 3. The number of anilines is 2. The number of hydrogen-bond acceptors (Lipinski definition) is 7. The Balaban J connectivity index is 1.67. The van der Waals surface area contributed by atoms with Gasteiger partial charge in [-0.15, -0.1) is 0 Å². The first-order valence-corrected chi connectivity index (χ1v) is 12.2. The molecular weight excluding hydrogens is 505 g/mol. The van der Waals surface area contributed by atoms with Crippen LogP contribution in [0.15, 0.2) is 42.5 Å². The standard InChI is InChI=1S/C27H31F3N2O6/c1-35-16-26(17-36-2)15-18(20-8-7-19(27(28,29)30)14-23(20)38-26)13-24(34)31-21-5-3-6-22-25(21)37-12-10-32(22)9-4-11-33/h3,5-8,13-14,33H,4,9-12,15-17H2,1-2H3,(H,31,34). The lowest BCUT2D eigenvalue weighted by molar-refractivity contribution is -0.138. The largest absolute Gasteiger partial charge is 0.487 e. The quantitative estimate of drug-likeness (QED) is 0.466. The zero-order chi connectivity index (χ0) is 27.3. The molecule has 0 unspecified atom stereocenters. The Morgan fingerprint density at radius 2 is 1.97 bits per heavy atom. The number of hydrogen-bond donors (Lipinski definition) is 2. The number of nitrogens with zero attached hydrogens (tertiary/aromatic N) is 1. The maximum atomic E-state index is 13.4. The van der Waals surface area contributed by atoms with Crippen molar-refractivity contribution in [2.75, 3.05) is 64.0 Å². The number of ether oxygens (including phenoxy) is 4. The number of halogens is 3. The third kappa shape index (κ3) is 6.06. The van der Waals surface area contributed by atoms with Crippen LogP contribution < -0.4 is 19.7 Å². The second-order valence-corrected chi connectivity index (χ2v) is 9.26. The molecule has 2 heterocycles. The predicted octanol–water partition coefficient (Wildman–Crippen LogP) is 4.12. The maximum absolute atomic E-state index is 13.4. The second kappa shape index (κ2) is 11.6. The van der Waals surface area contributed by atoms with Crippen molar-refractivity contribution in [3.8, 4) is 11.5 Å². The third-order valence-corrected chi connectivity index (χ3v) is 6.40. The molecule has 0 saturated carbocycles. The summed E-state index contributed by atoms with van der Waals surface area (Å²) in [4.78, 5) is 15.3. The topological polar surface area (TPSA) is 89.5 Å². The summed E-state index contributed by atoms with van der Waals surface area (Å²) in [7, 11) is 2.92. The van der Waals surface area contributed by atoms with E-state index in [9.17, 15) is 23.1 Å². The number of nitrogens with one attached hydrogen (secondary N) is 1. The average Bonchev–Trinajstić information content (AvgIpc) is 2.87. The van der Waals surface area contributed by atoms with E-state index < -0.39 is 23.2 Å². The van der Waals surface area contributed by atoms with E-state index >= 15 is 0 Å². The summed E-state index contributed by atoms with van der Waals surface area (Å²) < 4.78 is 62.7. The normalized spacial score (nSPS) is 17.3. The number of amides is 1. The Labute approximate surface area is 218 Å². The Kier molecular flexibility index (Phi) is 8.49. The number of fused-ring (bicyclic) bond motifs is 2. The van der Waals surface area contributed by atoms with E-state index in [-0.39, 0.29) is 32.0 Å². The first kappa shape index (κ1) is 27.7. The highest BCUT2D eigenvalue weighted by molar-refractivity contribution is 6.06. The van der Waals surface area contributed by atoms with E-state index in [0.717, 1.165) is 17.8 Å². The molecule has 8 nitrogen and oxygen atoms in total. The van der Waals surface area contributed by atoms with Gasteiger partial charge in [-0.25, -0.2) is 0 Å². The van der Waals surface area contributed by atoms with Crippen molar-refractivity contribution in [1.29, 1.82) is 0 Å². The number of methoxy groups -OCH3 is 2. The second-order valence-electron chi connectivity index (χ2n) is 9.26. The number of aliphatic hydroxyl groups is 1. The van der Waals surface area contributed by atoms with Crippen LogP contribution in [0.1, 0.15) is 24.0 Å². The minimum Gasteiger partial charge on any atom is -0.487 e. The molecule has 0 aromatic heterocycles. The van der Waals surface area contributed by atoms with Gasteiger partial charge >= 0.3 is 6.18 Å². The molecule has 11 heteroatoms. The highest BCUT2D eigenvalue weighted by Crippen LogP contribution is 2.44. The van der Waals surface area contributed by atoms with Crippen LogP contribution in [0.3, 0.4) is 0 Å². The Morgan fingerprint density at radius 3 is 2.66 bits per heavy atom. The Hall–Kier alpha value is -3.28. The summed E-state index contributed by atoms with van der Waals surface area (Å²) in [6, 6.07) is 8.62. The molecule has 2 aromatic rings. The number of carbonyl (C=O) groups excluding carboxylic acids is 1. The van der Waals surface area contributed by atoms with Gasteiger partial charge < -0.3 is 34.3 Å². The molecule has 2 aliphatic heterocycles. The van der Waals surface area contributed by atoms with E-state index in [0.29, 0.717) is 48.7 Å². The van der Waals surface area contributed by atoms with Crippen molar-refractivity contribution < 1.29 is 42.0 Å². The minimum absolute atomic E-state index is 0.000765. The van der Waals surface area contributed by atoms with E-state index in [1.54, 1.807) is 12.1 Å². The van der Waals surface area contributed by atoms with Crippen molar-refractivity contribution in [3.05, 3.63) is 53.6 Å². The van der Waals surface area contributed by atoms with Gasteiger partial charge in [-0.3, -0.25) is 4.79 Å². The van der Waals surface area contributed by atoms with E-state index in [1.165, 1.54) is 26.4 Å². The average molecular weight is 537 g/mol. The van der Waals surface area contributed by atoms with Gasteiger partial charge in [-0.1, -0.05) is 12.1 Å². The van der Waals surface area contributed by atoms with Gasteiger partial charge in [0.05, 0.1) is 36.7 Å². The SMILES string of the molecule is COCC1(COC)CC(=CC(=O)Nc2cccc3c2OCCN3CCCO)c2ccc(C(F)(F)F)cc2O1. The third-order valence-electron chi connectivity index (χ3n) is 6.40. The zero-order valence-electron chi connectivity index (χ0n) is 21.3. The van der Waals surface area contributed by atoms with Crippen molar-refractivity contribution >= 4 is 22.9 Å². The molecule has 0 aliphatic carbocycles. The summed E-state index contributed by atoms with van der Waals surface area (Å²) in [6.45, 7) is 1.88. The monoisotopic (exact) mass is 536 g/mol. The van der Waals surface area contributed by atoms with Crippen LogP contribution in [0.25, 0.3) is 5.57 Å². The number of carbonyl (C=O) groups is 1. The van der Waals surface area contributed by atoms with Crippen LogP contribution in [-0.4, -0.2) is 70.4 Å². The number of aliphatic hydroxyl groups excluding tert-OH is 1. The molecule has 0 atom stereocenters. The van der Waals surface area contributed by atoms with Gasteiger partial charge in [0.2, 0.25) is 5.91 Å². The number of rotatable bonds is 9. The summed E-state index contributed by atoms with van der Waals surface area (Å²) in [5.74, 6) is 0.0545. The van der Waals surface area contributed by atoms with Crippen molar-refractivity contribution in [3.63, 3.8) is 0 Å². The first-order chi connectivity index (χ1) is 18.2. The fourth-order valence-corrected chi connectivity index (χ4v) is 4.84. The summed E-state index contributed by atoms with van der Waals surface area (Å²) in [5.41, 5.74) is 0.182. The molecule has 0 bridgehead atoms. The smallest absolute Gasteiger partial charge is 0.416 e. The van der Waals surface area contributed by atoms with Crippen LogP contribution in [0.2, 0.25) is 0 Å². The molecule has 206 valence electrons. The zero-order valence-corrected chi connectivity index (χ0v) is 21.3. The molecule has 0 fully saturated rings. The van der Waals surface area contributed by atoms with Gasteiger partial charge in [-0.2, -0.15) is 13.2 Å². The molecule has 2 aromatic carbocycles. The Morgan fingerprint density at radius 1 is 1.21 bits per heavy atom. The minimum atomic E-state index is -4.56. The summed E-state index contributed by atoms with van der Waals surface area (Å²) >= 11 is 0. The van der Waals surface area contributed by atoms with E-state index in [4.69, 9.17) is 18.9 Å². The lowest BCUT2D eigenvalue weighted by Gasteiger charge is -2.39. The van der Waals surface area contributed by atoms with Crippen molar-refractivity contribution in [2.45, 2.75) is 24.6 Å². The van der Waals surface area contributed by atoms with Gasteiger partial charge in [0.1, 0.15) is 12.4 Å². The van der Waals surface area contributed by atoms with E-state index in [2.05, 4.69) is 10.2 Å². The molecule has 1 amide bonds. The fraction of sp³-hybridized carbons (Fsp3) is 0.444. The van der Waals surface area contributed by atoms with Crippen molar-refractivity contribution in [1.82, 2.24) is 0 Å². The van der Waals surface area contributed by atoms with Crippen molar-refractivity contribution in [2.24, 2.45) is 0 Å². The highest BCUT2D eigenvalue weighted by atomic mass is 19.4. The van der Waals surface area contributed by atoms with E-state index in [1.807, 2.05) is 6.07 Å². The number of para-hydroxylation sites is 1. The molecular formula is C27H31F3N2O6. The molecule has 38 heavy (non-hydrogen) atoms. The first-order valence-electron chi connectivity index (χ1n) is 12.2. The van der Waals surface area contributed by atoms with Crippen LogP contribution >= 0.6 is 0 Å². The van der Waals surface area contributed by atoms with Gasteiger partial charge in [0.15, 0.2) is 11.4 Å². The molecule has 0 radical (unpaired) electrons. The van der Waals surface area contributed by atoms with Gasteiger partial charge in [0.25, 0.3) is 0 Å². The highest BCUT2D eigenvalue weighted by Gasteiger charge is 2.41. The molecule has 0 saturated heterocycles. The fourth-order valence-electron chi connectivity index (χ4n) is 4.84. The van der Waals surface area contributed by atoms with Crippen LogP contribution in [0.5, 0.6) is 11.5 Å². The number of benzene rings is 2. The predicted molar refractivity (Wildman–Crippen MR) is 136 cm³/mol. The van der Waals surface area contributed by atoms with Gasteiger partial charge in [0, 0.05) is 45.4 Å². The summed E-state index contributed by atoms with van der Waals surface area (Å²) in [5, 5.41) is 12.1. The molecule has 4 rings (SSSR count). The van der Waals surface area contributed by atoms with Crippen LogP contribution in [0, 0.1) is 0 Å². The molecule has 0 spiro atoms. The maximum Gasteiger partial charge on any atom is 0.416 e. The lowest BCUT2D eigenvalue weighted by Crippen LogP contribution is -2.47.